The predicted octanol–water partition coefficient (Wildman–Crippen LogP) is 5.64. The lowest BCUT2D eigenvalue weighted by Gasteiger charge is -2.56. The van der Waals surface area contributed by atoms with Gasteiger partial charge < -0.3 is 14.8 Å². The van der Waals surface area contributed by atoms with Crippen LogP contribution in [0.1, 0.15) is 110 Å². The Labute approximate surface area is 218 Å². The van der Waals surface area contributed by atoms with E-state index in [0.717, 1.165) is 53.5 Å². The second-order valence-corrected chi connectivity index (χ2v) is 12.3. The third kappa shape index (κ3) is 4.47. The Hall–Kier alpha value is -2.42. The van der Waals surface area contributed by atoms with Crippen molar-refractivity contribution in [3.63, 3.8) is 0 Å². The summed E-state index contributed by atoms with van der Waals surface area (Å²) in [5, 5.41) is 14.7. The van der Waals surface area contributed by atoms with Gasteiger partial charge in [0.15, 0.2) is 5.82 Å². The van der Waals surface area contributed by atoms with Crippen LogP contribution in [0.4, 0.5) is 5.82 Å². The summed E-state index contributed by atoms with van der Waals surface area (Å²) in [6, 6.07) is 7.05. The zero-order valence-corrected chi connectivity index (χ0v) is 21.5. The minimum Gasteiger partial charge on any atom is -0.478 e. The molecule has 2 heterocycles. The van der Waals surface area contributed by atoms with E-state index in [0.29, 0.717) is 19.3 Å². The highest BCUT2D eigenvalue weighted by atomic mass is 16.7. The van der Waals surface area contributed by atoms with Gasteiger partial charge in [-0.3, -0.25) is 10.2 Å². The number of hydrogen-bond acceptors (Lipinski definition) is 6. The summed E-state index contributed by atoms with van der Waals surface area (Å²) in [6.07, 6.45) is 13.6. The third-order valence-electron chi connectivity index (χ3n) is 9.64. The molecule has 0 amide bonds. The molecule has 4 bridgehead atoms. The monoisotopic (exact) mass is 506 g/mol. The summed E-state index contributed by atoms with van der Waals surface area (Å²) in [5.74, 6) is 3.81. The molecule has 1 atom stereocenters. The van der Waals surface area contributed by atoms with E-state index >= 15 is 0 Å². The maximum atomic E-state index is 11.6. The molecule has 0 radical (unpaired) electrons. The van der Waals surface area contributed by atoms with E-state index < -0.39 is 5.97 Å². The minimum atomic E-state index is -0.934. The first-order chi connectivity index (χ1) is 18.1. The highest BCUT2D eigenvalue weighted by Crippen LogP contribution is 2.57. The Kier molecular flexibility index (Phi) is 6.02. The van der Waals surface area contributed by atoms with Gasteiger partial charge in [0.05, 0.1) is 23.5 Å². The number of aromatic nitrogens is 2. The molecule has 198 valence electrons. The molecular weight excluding hydrogens is 468 g/mol. The molecule has 37 heavy (non-hydrogen) atoms. The van der Waals surface area contributed by atoms with Gasteiger partial charge in [0.2, 0.25) is 0 Å². The van der Waals surface area contributed by atoms with Gasteiger partial charge in [-0.15, -0.1) is 0 Å². The molecule has 8 nitrogen and oxygen atoms in total. The number of benzene rings is 1. The van der Waals surface area contributed by atoms with Gasteiger partial charge >= 0.3 is 5.97 Å². The molecule has 0 spiro atoms. The summed E-state index contributed by atoms with van der Waals surface area (Å²) in [6.45, 7) is 0.839. The first-order valence-corrected chi connectivity index (χ1v) is 14.3. The maximum Gasteiger partial charge on any atom is 0.335 e. The second kappa shape index (κ2) is 9.40. The topological polar surface area (TPSA) is 99.7 Å². The van der Waals surface area contributed by atoms with E-state index in [-0.39, 0.29) is 17.3 Å². The van der Waals surface area contributed by atoms with E-state index in [4.69, 9.17) is 14.6 Å². The van der Waals surface area contributed by atoms with Crippen LogP contribution in [0.5, 0.6) is 0 Å². The highest BCUT2D eigenvalue weighted by Gasteiger charge is 2.52. The van der Waals surface area contributed by atoms with Gasteiger partial charge in [0.25, 0.3) is 0 Å². The Bertz CT molecular complexity index is 1120. The van der Waals surface area contributed by atoms with Crippen molar-refractivity contribution in [1.29, 1.82) is 0 Å². The molecule has 8 heteroatoms. The molecule has 3 N–H and O–H groups in total. The Balaban J connectivity index is 1.18. The minimum absolute atomic E-state index is 0.0153. The summed E-state index contributed by atoms with van der Waals surface area (Å²) in [4.78, 5) is 26.5. The van der Waals surface area contributed by atoms with Crippen molar-refractivity contribution in [2.24, 2.45) is 17.8 Å². The van der Waals surface area contributed by atoms with Crippen LogP contribution in [-0.2, 0) is 16.2 Å². The van der Waals surface area contributed by atoms with Gasteiger partial charge in [0, 0.05) is 5.92 Å². The Morgan fingerprint density at radius 2 is 1.84 bits per heavy atom. The van der Waals surface area contributed by atoms with Crippen molar-refractivity contribution in [2.45, 2.75) is 94.9 Å². The SMILES string of the molecule is O=C(O)c1cccc(C2NCON2c2nc(C3CCCCC3)[nH]c2COC23CC4CC(CC(C4)C2)C3)c1. The predicted molar refractivity (Wildman–Crippen MR) is 138 cm³/mol. The number of imidazole rings is 1. The number of hydrogen-bond donors (Lipinski definition) is 3. The van der Waals surface area contributed by atoms with Crippen LogP contribution in [-0.4, -0.2) is 33.4 Å². The van der Waals surface area contributed by atoms with E-state index in [1.807, 2.05) is 11.1 Å². The lowest BCUT2D eigenvalue weighted by Crippen LogP contribution is -2.51. The summed E-state index contributed by atoms with van der Waals surface area (Å²) in [7, 11) is 0. The molecule has 8 rings (SSSR count). The molecule has 1 saturated heterocycles. The Morgan fingerprint density at radius 3 is 2.54 bits per heavy atom. The molecule has 6 fully saturated rings. The lowest BCUT2D eigenvalue weighted by molar-refractivity contribution is -0.169. The molecule has 1 aromatic carbocycles. The molecule has 5 saturated carbocycles. The fraction of sp³-hybridized carbons (Fsp3) is 0.655. The number of aromatic amines is 1. The number of hydroxylamine groups is 1. The molecule has 1 aliphatic heterocycles. The van der Waals surface area contributed by atoms with Crippen molar-refractivity contribution < 1.29 is 19.5 Å². The maximum absolute atomic E-state index is 11.6. The van der Waals surface area contributed by atoms with Crippen LogP contribution >= 0.6 is 0 Å². The van der Waals surface area contributed by atoms with E-state index in [1.165, 1.54) is 57.8 Å². The van der Waals surface area contributed by atoms with Crippen LogP contribution in [0.2, 0.25) is 0 Å². The smallest absolute Gasteiger partial charge is 0.335 e. The summed E-state index contributed by atoms with van der Waals surface area (Å²) < 4.78 is 6.87. The molecule has 1 aromatic heterocycles. The van der Waals surface area contributed by atoms with Crippen LogP contribution in [0.15, 0.2) is 24.3 Å². The lowest BCUT2D eigenvalue weighted by atomic mass is 9.54. The first-order valence-electron chi connectivity index (χ1n) is 14.3. The van der Waals surface area contributed by atoms with Crippen molar-refractivity contribution in [3.8, 4) is 0 Å². The Morgan fingerprint density at radius 1 is 1.11 bits per heavy atom. The summed E-state index contributed by atoms with van der Waals surface area (Å²) in [5.41, 5.74) is 2.09. The number of carbonyl (C=O) groups is 1. The number of nitrogens with one attached hydrogen (secondary N) is 2. The van der Waals surface area contributed by atoms with Gasteiger partial charge in [-0.25, -0.2) is 14.8 Å². The van der Waals surface area contributed by atoms with E-state index in [1.54, 1.807) is 18.2 Å². The van der Waals surface area contributed by atoms with E-state index in [9.17, 15) is 9.90 Å². The molecule has 1 unspecified atom stereocenters. The number of nitrogens with zero attached hydrogens (tertiary/aromatic N) is 2. The van der Waals surface area contributed by atoms with Gasteiger partial charge in [0.1, 0.15) is 18.7 Å². The highest BCUT2D eigenvalue weighted by molar-refractivity contribution is 5.87. The zero-order valence-electron chi connectivity index (χ0n) is 21.5. The molecule has 5 aliphatic carbocycles. The van der Waals surface area contributed by atoms with Crippen molar-refractivity contribution in [2.75, 3.05) is 11.8 Å². The standard InChI is InChI=1S/C29H38N4O4/c34-28(35)23-8-4-7-22(12-23)26-30-17-37-33(26)27-24(31-25(32-27)21-5-2-1-3-6-21)16-36-29-13-18-9-19(14-29)11-20(10-18)15-29/h4,7-8,12,18-21,26,30H,1-3,5-6,9-11,13-17H2,(H,31,32)(H,34,35). The van der Waals surface area contributed by atoms with Crippen molar-refractivity contribution in [3.05, 3.63) is 46.9 Å². The fourth-order valence-electron chi connectivity index (χ4n) is 8.33. The second-order valence-electron chi connectivity index (χ2n) is 12.3. The van der Waals surface area contributed by atoms with Crippen LogP contribution in [0.25, 0.3) is 0 Å². The number of anilines is 1. The number of carboxylic acid groups (broad SMARTS) is 1. The van der Waals surface area contributed by atoms with Gasteiger partial charge in [-0.2, -0.15) is 0 Å². The summed E-state index contributed by atoms with van der Waals surface area (Å²) >= 11 is 0. The number of H-pyrrole nitrogens is 1. The van der Waals surface area contributed by atoms with Gasteiger partial charge in [-0.05, 0) is 86.8 Å². The third-order valence-corrected chi connectivity index (χ3v) is 9.64. The number of carboxylic acids is 1. The number of ether oxygens (including phenoxy) is 1. The average Bonchev–Trinajstić information content (AvgIpc) is 3.55. The average molecular weight is 507 g/mol. The first kappa shape index (κ1) is 23.7. The van der Waals surface area contributed by atoms with E-state index in [2.05, 4.69) is 10.3 Å². The zero-order chi connectivity index (χ0) is 25.0. The quantitative estimate of drug-likeness (QED) is 0.447. The van der Waals surface area contributed by atoms with Crippen LogP contribution in [0.3, 0.4) is 0 Å². The van der Waals surface area contributed by atoms with Crippen molar-refractivity contribution >= 4 is 11.8 Å². The molecule has 2 aromatic rings. The largest absolute Gasteiger partial charge is 0.478 e. The fourth-order valence-corrected chi connectivity index (χ4v) is 8.33. The molecule has 6 aliphatic rings. The van der Waals surface area contributed by atoms with Crippen LogP contribution in [0, 0.1) is 17.8 Å². The van der Waals surface area contributed by atoms with Gasteiger partial charge in [-0.1, -0.05) is 31.4 Å². The number of aromatic carboxylic acids is 1. The van der Waals surface area contributed by atoms with Crippen molar-refractivity contribution in [1.82, 2.24) is 15.3 Å². The van der Waals surface area contributed by atoms with Crippen LogP contribution < -0.4 is 10.4 Å². The normalized spacial score (nSPS) is 33.4. The molecular formula is C29H38N4O4. The number of rotatable bonds is 7.